The van der Waals surface area contributed by atoms with Gasteiger partial charge in [-0.15, -0.1) is 0 Å². The Balaban J connectivity index is 1.66. The Kier molecular flexibility index (Phi) is 5.82. The topological polar surface area (TPSA) is 86.1 Å². The first-order valence-electron chi connectivity index (χ1n) is 9.09. The maximum Gasteiger partial charge on any atom is 0.233 e. The molecule has 1 aliphatic carbocycles. The zero-order chi connectivity index (χ0) is 18.7. The van der Waals surface area contributed by atoms with Crippen molar-refractivity contribution in [1.82, 2.24) is 15.2 Å². The number of carbonyl (C=O) groups is 2. The van der Waals surface area contributed by atoms with Crippen molar-refractivity contribution in [2.24, 2.45) is 0 Å². The number of thioether (sulfide) groups is 1. The Morgan fingerprint density at radius 2 is 2.19 bits per heavy atom. The van der Waals surface area contributed by atoms with Crippen molar-refractivity contribution < 1.29 is 9.59 Å². The highest BCUT2D eigenvalue weighted by atomic mass is 32.2. The highest BCUT2D eigenvalue weighted by Crippen LogP contribution is 2.31. The summed E-state index contributed by atoms with van der Waals surface area (Å²) in [5.41, 5.74) is 3.93. The van der Waals surface area contributed by atoms with Crippen molar-refractivity contribution in [2.45, 2.75) is 57.0 Å². The molecule has 6 nitrogen and oxygen atoms in total. The van der Waals surface area contributed by atoms with Gasteiger partial charge in [0, 0.05) is 31.7 Å². The second-order valence-corrected chi connectivity index (χ2v) is 7.94. The predicted molar refractivity (Wildman–Crippen MR) is 99.9 cm³/mol. The predicted octanol–water partition coefficient (Wildman–Crippen LogP) is 1.97. The van der Waals surface area contributed by atoms with Crippen LogP contribution in [0.25, 0.3) is 0 Å². The average molecular weight is 372 g/mol. The van der Waals surface area contributed by atoms with E-state index in [2.05, 4.69) is 16.4 Å². The molecule has 26 heavy (non-hydrogen) atoms. The summed E-state index contributed by atoms with van der Waals surface area (Å²) in [4.78, 5) is 30.3. The lowest BCUT2D eigenvalue weighted by Crippen LogP contribution is -2.49. The fourth-order valence-corrected chi connectivity index (χ4v) is 4.77. The van der Waals surface area contributed by atoms with E-state index in [4.69, 9.17) is 0 Å². The molecule has 2 heterocycles. The van der Waals surface area contributed by atoms with Crippen LogP contribution in [-0.2, 0) is 22.4 Å². The van der Waals surface area contributed by atoms with E-state index >= 15 is 0 Å². The monoisotopic (exact) mass is 372 g/mol. The van der Waals surface area contributed by atoms with Gasteiger partial charge in [0.05, 0.1) is 11.3 Å². The average Bonchev–Trinajstić information content (AvgIpc) is 3.08. The number of piperidine rings is 1. The fraction of sp³-hybridized carbons (Fsp3) is 0.579. The van der Waals surface area contributed by atoms with Crippen molar-refractivity contribution in [3.05, 3.63) is 22.4 Å². The molecule has 0 aromatic carbocycles. The third-order valence-electron chi connectivity index (χ3n) is 5.09. The Bertz CT molecular complexity index is 772. The van der Waals surface area contributed by atoms with E-state index in [0.29, 0.717) is 17.1 Å². The lowest BCUT2D eigenvalue weighted by Gasteiger charge is -2.33. The number of nitrogens with one attached hydrogen (secondary N) is 1. The Hall–Kier alpha value is -2.07. The number of carbonyl (C=O) groups excluding carboxylic acids is 2. The number of rotatable bonds is 4. The third-order valence-corrected chi connectivity index (χ3v) is 6.05. The van der Waals surface area contributed by atoms with Crippen LogP contribution >= 0.6 is 11.8 Å². The first kappa shape index (κ1) is 18.7. The first-order chi connectivity index (χ1) is 12.5. The summed E-state index contributed by atoms with van der Waals surface area (Å²) in [5, 5.41) is 13.1. The zero-order valence-electron chi connectivity index (χ0n) is 15.3. The van der Waals surface area contributed by atoms with Crippen molar-refractivity contribution in [3.8, 4) is 6.07 Å². The molecule has 3 rings (SSSR count). The zero-order valence-corrected chi connectivity index (χ0v) is 16.1. The number of fused-ring (bicyclic) bond motifs is 1. The molecule has 2 amide bonds. The van der Waals surface area contributed by atoms with Gasteiger partial charge in [-0.2, -0.15) is 5.26 Å². The molecular formula is C19H24N4O2S. The van der Waals surface area contributed by atoms with Crippen molar-refractivity contribution >= 4 is 23.6 Å². The molecule has 2 aliphatic rings. The molecule has 0 bridgehead atoms. The summed E-state index contributed by atoms with van der Waals surface area (Å²) >= 11 is 1.36. The van der Waals surface area contributed by atoms with E-state index < -0.39 is 0 Å². The number of nitrogens with zero attached hydrogens (tertiary/aromatic N) is 3. The van der Waals surface area contributed by atoms with Crippen LogP contribution < -0.4 is 5.32 Å². The minimum Gasteiger partial charge on any atom is -0.352 e. The number of pyridine rings is 1. The minimum absolute atomic E-state index is 0.0326. The van der Waals surface area contributed by atoms with Gasteiger partial charge >= 0.3 is 0 Å². The number of hydrogen-bond donors (Lipinski definition) is 1. The quantitative estimate of drug-likeness (QED) is 0.817. The molecule has 0 radical (unpaired) electrons. The van der Waals surface area contributed by atoms with Crippen LogP contribution in [0, 0.1) is 18.3 Å². The molecule has 1 aromatic heterocycles. The van der Waals surface area contributed by atoms with Gasteiger partial charge in [0.25, 0.3) is 0 Å². The molecule has 1 aliphatic heterocycles. The minimum atomic E-state index is -0.0600. The third kappa shape index (κ3) is 4.01. The van der Waals surface area contributed by atoms with Crippen molar-refractivity contribution in [2.75, 3.05) is 18.8 Å². The van der Waals surface area contributed by atoms with E-state index in [9.17, 15) is 14.9 Å². The van der Waals surface area contributed by atoms with Gasteiger partial charge in [0.15, 0.2) is 0 Å². The van der Waals surface area contributed by atoms with Crippen LogP contribution in [0.2, 0.25) is 0 Å². The highest BCUT2D eigenvalue weighted by molar-refractivity contribution is 8.00. The van der Waals surface area contributed by atoms with Gasteiger partial charge in [-0.05, 0) is 50.2 Å². The van der Waals surface area contributed by atoms with Gasteiger partial charge in [0.1, 0.15) is 11.1 Å². The molecule has 7 heteroatoms. The summed E-state index contributed by atoms with van der Waals surface area (Å²) in [7, 11) is 0. The lowest BCUT2D eigenvalue weighted by molar-refractivity contribution is -0.130. The molecule has 138 valence electrons. The van der Waals surface area contributed by atoms with Gasteiger partial charge < -0.3 is 10.2 Å². The van der Waals surface area contributed by atoms with Crippen LogP contribution in [0.5, 0.6) is 0 Å². The number of amides is 2. The Labute approximate surface area is 158 Å². The molecule has 0 spiro atoms. The summed E-state index contributed by atoms with van der Waals surface area (Å²) in [6.45, 7) is 4.76. The van der Waals surface area contributed by atoms with E-state index in [1.165, 1.54) is 24.2 Å². The van der Waals surface area contributed by atoms with E-state index in [-0.39, 0.29) is 23.6 Å². The summed E-state index contributed by atoms with van der Waals surface area (Å²) in [6, 6.07) is 2.30. The number of aromatic nitrogens is 1. The Morgan fingerprint density at radius 3 is 2.92 bits per heavy atom. The number of hydrogen-bond acceptors (Lipinski definition) is 5. The Morgan fingerprint density at radius 1 is 1.38 bits per heavy atom. The largest absolute Gasteiger partial charge is 0.352 e. The van der Waals surface area contributed by atoms with Gasteiger partial charge in [-0.1, -0.05) is 11.8 Å². The summed E-state index contributed by atoms with van der Waals surface area (Å²) in [5.74, 6) is 0.247. The second kappa shape index (κ2) is 8.09. The van der Waals surface area contributed by atoms with Crippen LogP contribution in [0.3, 0.4) is 0 Å². The molecular weight excluding hydrogens is 348 g/mol. The fourth-order valence-electron chi connectivity index (χ4n) is 3.81. The van der Waals surface area contributed by atoms with Gasteiger partial charge in [0.2, 0.25) is 11.8 Å². The summed E-state index contributed by atoms with van der Waals surface area (Å²) in [6.07, 6.45) is 4.82. The normalized spacial score (nSPS) is 19.0. The van der Waals surface area contributed by atoms with E-state index in [1.807, 2.05) is 11.8 Å². The van der Waals surface area contributed by atoms with Crippen molar-refractivity contribution in [1.29, 1.82) is 5.26 Å². The molecule has 0 saturated carbocycles. The number of nitriles is 1. The van der Waals surface area contributed by atoms with Crippen LogP contribution in [0.15, 0.2) is 5.03 Å². The number of aryl methyl sites for hydroxylation is 1. The molecule has 1 N–H and O–H groups in total. The number of likely N-dealkylation sites (tertiary alicyclic amines) is 1. The molecule has 1 atom stereocenters. The SMILES string of the molecule is CC(=O)N[C@H]1CCCN(C(=O)CSc2nc3c(c(C)c2C#N)CCC3)C1. The highest BCUT2D eigenvalue weighted by Gasteiger charge is 2.25. The smallest absolute Gasteiger partial charge is 0.233 e. The molecule has 1 saturated heterocycles. The van der Waals surface area contributed by atoms with Gasteiger partial charge in [-0.3, -0.25) is 9.59 Å². The second-order valence-electron chi connectivity index (χ2n) is 6.98. The van der Waals surface area contributed by atoms with Crippen molar-refractivity contribution in [3.63, 3.8) is 0 Å². The summed E-state index contributed by atoms with van der Waals surface area (Å²) < 4.78 is 0. The lowest BCUT2D eigenvalue weighted by atomic mass is 10.0. The molecule has 1 aromatic rings. The molecule has 0 unspecified atom stereocenters. The molecule has 1 fully saturated rings. The van der Waals surface area contributed by atoms with E-state index in [0.717, 1.165) is 49.9 Å². The van der Waals surface area contributed by atoms with E-state index in [1.54, 1.807) is 0 Å². The first-order valence-corrected chi connectivity index (χ1v) is 10.1. The van der Waals surface area contributed by atoms with Crippen LogP contribution in [0.4, 0.5) is 0 Å². The van der Waals surface area contributed by atoms with Gasteiger partial charge in [-0.25, -0.2) is 4.98 Å². The van der Waals surface area contributed by atoms with Crippen LogP contribution in [-0.4, -0.2) is 46.6 Å². The maximum atomic E-state index is 12.6. The maximum absolute atomic E-state index is 12.6. The standard InChI is InChI=1S/C19H24N4O2S/c1-12-15-6-3-7-17(15)22-19(16(12)9-20)26-11-18(25)23-8-4-5-14(10-23)21-13(2)24/h14H,3-8,10-11H2,1-2H3,(H,21,24)/t14-/m0/s1. The van der Waals surface area contributed by atoms with Crippen LogP contribution in [0.1, 0.15) is 48.6 Å².